The second kappa shape index (κ2) is 7.96. The molecule has 3 aromatic carbocycles. The number of nitrogens with zero attached hydrogens (tertiary/aromatic N) is 2. The van der Waals surface area contributed by atoms with Crippen molar-refractivity contribution < 1.29 is 4.74 Å². The molecule has 31 heavy (non-hydrogen) atoms. The second-order valence-electron chi connectivity index (χ2n) is 7.32. The summed E-state index contributed by atoms with van der Waals surface area (Å²) in [4.78, 5) is 21.9. The number of hydrogen-bond acceptors (Lipinski definition) is 4. The number of hydrogen-bond donors (Lipinski definition) is 1. The van der Waals surface area contributed by atoms with Gasteiger partial charge in [-0.2, -0.15) is 0 Å². The molecule has 5 aromatic rings. The van der Waals surface area contributed by atoms with E-state index in [9.17, 15) is 4.79 Å². The average Bonchev–Trinajstić information content (AvgIpc) is 3.18. The number of methoxy groups -OCH3 is 1. The summed E-state index contributed by atoms with van der Waals surface area (Å²) in [5.41, 5.74) is 5.05. The lowest BCUT2D eigenvalue weighted by molar-refractivity contribution is 0.411. The van der Waals surface area contributed by atoms with Crippen LogP contribution in [0, 0.1) is 6.92 Å². The standard InChI is InChI=1S/C25H21N3O2S/c1-16-9-3-4-10-17(16)15-31-25-27-22-18-11-5-6-12-19(18)26-23(22)24(29)28(25)20-13-7-8-14-21(20)30-2/h3-14,26H,15H2,1-2H3. The van der Waals surface area contributed by atoms with E-state index in [0.717, 1.165) is 10.9 Å². The van der Waals surface area contributed by atoms with E-state index in [1.165, 1.54) is 11.1 Å². The Bertz CT molecular complexity index is 1470. The second-order valence-corrected chi connectivity index (χ2v) is 8.26. The van der Waals surface area contributed by atoms with Crippen molar-refractivity contribution in [3.63, 3.8) is 0 Å². The molecular formula is C25H21N3O2S. The fourth-order valence-electron chi connectivity index (χ4n) is 3.78. The predicted octanol–water partition coefficient (Wildman–Crippen LogP) is 5.48. The van der Waals surface area contributed by atoms with Gasteiger partial charge >= 0.3 is 0 Å². The van der Waals surface area contributed by atoms with E-state index in [1.54, 1.807) is 23.4 Å². The highest BCUT2D eigenvalue weighted by molar-refractivity contribution is 7.98. The number of benzene rings is 3. The van der Waals surface area contributed by atoms with Crippen molar-refractivity contribution in [3.05, 3.63) is 94.3 Å². The normalized spacial score (nSPS) is 11.3. The lowest BCUT2D eigenvalue weighted by Crippen LogP contribution is -2.22. The van der Waals surface area contributed by atoms with Gasteiger partial charge in [0.05, 0.1) is 12.8 Å². The van der Waals surface area contributed by atoms with Crippen molar-refractivity contribution in [2.45, 2.75) is 17.8 Å². The van der Waals surface area contributed by atoms with Crippen LogP contribution in [0.5, 0.6) is 5.75 Å². The molecule has 0 amide bonds. The first-order valence-corrected chi connectivity index (χ1v) is 11.0. The third kappa shape index (κ3) is 3.39. The van der Waals surface area contributed by atoms with Crippen LogP contribution in [0.1, 0.15) is 11.1 Å². The molecule has 0 aliphatic rings. The third-order valence-electron chi connectivity index (χ3n) is 5.44. The molecule has 5 nitrogen and oxygen atoms in total. The summed E-state index contributed by atoms with van der Waals surface area (Å²) in [7, 11) is 1.61. The summed E-state index contributed by atoms with van der Waals surface area (Å²) in [5.74, 6) is 1.34. The Morgan fingerprint density at radius 3 is 2.58 bits per heavy atom. The third-order valence-corrected chi connectivity index (χ3v) is 6.43. The van der Waals surface area contributed by atoms with Crippen LogP contribution in [0.25, 0.3) is 27.6 Å². The fraction of sp³-hybridized carbons (Fsp3) is 0.120. The van der Waals surface area contributed by atoms with Crippen LogP contribution in [-0.2, 0) is 5.75 Å². The number of thioether (sulfide) groups is 1. The van der Waals surface area contributed by atoms with Crippen molar-refractivity contribution in [1.29, 1.82) is 0 Å². The lowest BCUT2D eigenvalue weighted by Gasteiger charge is -2.15. The van der Waals surface area contributed by atoms with E-state index in [-0.39, 0.29) is 5.56 Å². The Hall–Kier alpha value is -3.51. The first-order valence-electron chi connectivity index (χ1n) is 10.0. The number of rotatable bonds is 5. The highest BCUT2D eigenvalue weighted by Gasteiger charge is 2.19. The quantitative estimate of drug-likeness (QED) is 0.298. The number of aromatic nitrogens is 3. The Labute approximate surface area is 183 Å². The molecule has 1 N–H and O–H groups in total. The minimum Gasteiger partial charge on any atom is -0.495 e. The van der Waals surface area contributed by atoms with Gasteiger partial charge in [-0.05, 0) is 36.2 Å². The van der Waals surface area contributed by atoms with Gasteiger partial charge in [-0.1, -0.05) is 66.4 Å². The maximum Gasteiger partial charge on any atom is 0.283 e. The van der Waals surface area contributed by atoms with Gasteiger partial charge in [0.2, 0.25) is 0 Å². The highest BCUT2D eigenvalue weighted by atomic mass is 32.2. The Balaban J connectivity index is 1.75. The first kappa shape index (κ1) is 19.5. The minimum absolute atomic E-state index is 0.141. The number of H-pyrrole nitrogens is 1. The number of aromatic amines is 1. The topological polar surface area (TPSA) is 59.9 Å². The smallest absolute Gasteiger partial charge is 0.283 e. The van der Waals surface area contributed by atoms with Crippen LogP contribution >= 0.6 is 11.8 Å². The number of fused-ring (bicyclic) bond motifs is 3. The van der Waals surface area contributed by atoms with Crippen LogP contribution in [0.2, 0.25) is 0 Å². The Morgan fingerprint density at radius 2 is 1.74 bits per heavy atom. The van der Waals surface area contributed by atoms with Gasteiger partial charge in [0, 0.05) is 16.7 Å². The molecule has 0 radical (unpaired) electrons. The van der Waals surface area contributed by atoms with E-state index in [2.05, 4.69) is 24.0 Å². The molecule has 0 spiro atoms. The van der Waals surface area contributed by atoms with E-state index >= 15 is 0 Å². The Kier molecular flexibility index (Phi) is 5.00. The van der Waals surface area contributed by atoms with Gasteiger partial charge < -0.3 is 9.72 Å². The van der Waals surface area contributed by atoms with Gasteiger partial charge in [-0.15, -0.1) is 0 Å². The predicted molar refractivity (Wildman–Crippen MR) is 126 cm³/mol. The van der Waals surface area contributed by atoms with Crippen LogP contribution < -0.4 is 10.3 Å². The summed E-state index contributed by atoms with van der Waals surface area (Å²) < 4.78 is 7.21. The summed E-state index contributed by atoms with van der Waals surface area (Å²) in [6.45, 7) is 2.10. The molecule has 0 aliphatic heterocycles. The molecule has 2 aromatic heterocycles. The van der Waals surface area contributed by atoms with Crippen molar-refractivity contribution in [2.75, 3.05) is 7.11 Å². The zero-order valence-electron chi connectivity index (χ0n) is 17.3. The number of para-hydroxylation sites is 3. The minimum atomic E-state index is -0.141. The van der Waals surface area contributed by atoms with E-state index in [0.29, 0.717) is 33.4 Å². The number of nitrogens with one attached hydrogen (secondary N) is 1. The van der Waals surface area contributed by atoms with Crippen LogP contribution in [-0.4, -0.2) is 21.6 Å². The summed E-state index contributed by atoms with van der Waals surface area (Å²) in [6.07, 6.45) is 0. The van der Waals surface area contributed by atoms with Crippen LogP contribution in [0.4, 0.5) is 0 Å². The van der Waals surface area contributed by atoms with Crippen LogP contribution in [0.3, 0.4) is 0 Å². The largest absolute Gasteiger partial charge is 0.495 e. The molecule has 0 atom stereocenters. The van der Waals surface area contributed by atoms with Gasteiger partial charge in [-0.3, -0.25) is 4.79 Å². The van der Waals surface area contributed by atoms with Crippen molar-refractivity contribution in [1.82, 2.24) is 14.5 Å². The first-order chi connectivity index (χ1) is 15.2. The molecule has 0 aliphatic carbocycles. The zero-order chi connectivity index (χ0) is 21.4. The van der Waals surface area contributed by atoms with Crippen molar-refractivity contribution in [2.24, 2.45) is 0 Å². The van der Waals surface area contributed by atoms with E-state index in [1.807, 2.05) is 60.7 Å². The average molecular weight is 428 g/mol. The molecule has 0 saturated heterocycles. The summed E-state index contributed by atoms with van der Waals surface area (Å²) in [5, 5.41) is 1.58. The maximum absolute atomic E-state index is 13.7. The van der Waals surface area contributed by atoms with Gasteiger partial charge in [0.25, 0.3) is 5.56 Å². The van der Waals surface area contributed by atoms with Gasteiger partial charge in [0.15, 0.2) is 5.16 Å². The monoisotopic (exact) mass is 427 g/mol. The van der Waals surface area contributed by atoms with Gasteiger partial charge in [-0.25, -0.2) is 9.55 Å². The fourth-order valence-corrected chi connectivity index (χ4v) is 4.86. The summed E-state index contributed by atoms with van der Waals surface area (Å²) in [6, 6.07) is 23.7. The SMILES string of the molecule is COc1ccccc1-n1c(SCc2ccccc2C)nc2c([nH]c3ccccc32)c1=O. The molecule has 154 valence electrons. The molecule has 5 rings (SSSR count). The molecule has 0 fully saturated rings. The maximum atomic E-state index is 13.7. The van der Waals surface area contributed by atoms with Crippen molar-refractivity contribution >= 4 is 33.7 Å². The van der Waals surface area contributed by atoms with E-state index < -0.39 is 0 Å². The van der Waals surface area contributed by atoms with Crippen LogP contribution in [0.15, 0.2) is 82.7 Å². The van der Waals surface area contributed by atoms with Crippen molar-refractivity contribution in [3.8, 4) is 11.4 Å². The highest BCUT2D eigenvalue weighted by Crippen LogP contribution is 2.31. The molecule has 0 bridgehead atoms. The lowest BCUT2D eigenvalue weighted by atomic mass is 10.1. The molecule has 0 saturated carbocycles. The molecule has 0 unspecified atom stereocenters. The molecular weight excluding hydrogens is 406 g/mol. The number of aryl methyl sites for hydroxylation is 1. The zero-order valence-corrected chi connectivity index (χ0v) is 18.1. The van der Waals surface area contributed by atoms with Gasteiger partial charge in [0.1, 0.15) is 16.8 Å². The molecule has 2 heterocycles. The summed E-state index contributed by atoms with van der Waals surface area (Å²) >= 11 is 1.55. The van der Waals surface area contributed by atoms with E-state index in [4.69, 9.17) is 9.72 Å². The number of ether oxygens (including phenoxy) is 1. The molecule has 6 heteroatoms. The Morgan fingerprint density at radius 1 is 1.00 bits per heavy atom.